The summed E-state index contributed by atoms with van der Waals surface area (Å²) in [5, 5.41) is 9.18. The fourth-order valence-electron chi connectivity index (χ4n) is 6.00. The first-order valence-corrected chi connectivity index (χ1v) is 20.6. The predicted octanol–water partition coefficient (Wildman–Crippen LogP) is 9.83. The van der Waals surface area contributed by atoms with E-state index in [0.717, 1.165) is 50.8 Å². The molecule has 8 heteroatoms. The van der Waals surface area contributed by atoms with Crippen molar-refractivity contribution < 1.29 is 23.9 Å². The minimum absolute atomic E-state index is 0.00784. The van der Waals surface area contributed by atoms with E-state index < -0.39 is 6.04 Å². The summed E-state index contributed by atoms with van der Waals surface area (Å²) in [6.45, 7) is 18.7. The van der Waals surface area contributed by atoms with E-state index in [0.29, 0.717) is 58.7 Å². The van der Waals surface area contributed by atoms with Crippen LogP contribution in [0.3, 0.4) is 0 Å². The number of carbonyl (C=O) groups excluding carboxylic acids is 3. The number of amides is 2. The third-order valence-electron chi connectivity index (χ3n) is 9.20. The van der Waals surface area contributed by atoms with Gasteiger partial charge in [0.1, 0.15) is 0 Å². The topological polar surface area (TPSA) is 106 Å². The molecule has 0 unspecified atom stereocenters. The molecular weight excluding hydrogens is 638 g/mol. The Kier molecular flexibility index (Phi) is 35.5. The van der Waals surface area contributed by atoms with Crippen molar-refractivity contribution in [3.8, 4) is 0 Å². The zero-order valence-corrected chi connectivity index (χ0v) is 33.2. The Morgan fingerprint density at radius 2 is 1.02 bits per heavy atom. The second kappa shape index (κ2) is 37.3. The number of hydrogen-bond acceptors (Lipinski definition) is 6. The Hall–Kier alpha value is -2.45. The van der Waals surface area contributed by atoms with Crippen molar-refractivity contribution in [2.24, 2.45) is 0 Å². The Labute approximate surface area is 313 Å². The number of allylic oxidation sites excluding steroid dienone is 2. The van der Waals surface area contributed by atoms with Crippen LogP contribution in [0.5, 0.6) is 0 Å². The standard InChI is InChI=1S/C43H79N3O5/c1-6-34-50-36-37-51-35-33-45-42(48)28-24-21-22-26-32-44-39(4)30-31-41(40(5)47)46-43(49)29-25-20-18-16-14-12-10-8-7-9-11-13-15-17-19-23-27-38(2)3/h6,41,44H,1-2,4,7-37H2,3,5H3,(H,45,48)(H,46,49)/t41-/m0/s1. The van der Waals surface area contributed by atoms with E-state index >= 15 is 0 Å². The number of ether oxygens (including phenoxy) is 2. The molecule has 0 fully saturated rings. The van der Waals surface area contributed by atoms with Gasteiger partial charge in [0.05, 0.1) is 32.5 Å². The van der Waals surface area contributed by atoms with Gasteiger partial charge in [-0.1, -0.05) is 121 Å². The van der Waals surface area contributed by atoms with Gasteiger partial charge in [0.2, 0.25) is 11.8 Å². The molecule has 0 aliphatic rings. The molecule has 0 aromatic carbocycles. The lowest BCUT2D eigenvalue weighted by molar-refractivity contribution is -0.127. The van der Waals surface area contributed by atoms with Crippen LogP contribution in [-0.4, -0.2) is 63.2 Å². The van der Waals surface area contributed by atoms with Crippen molar-refractivity contribution in [2.45, 2.75) is 180 Å². The van der Waals surface area contributed by atoms with Gasteiger partial charge >= 0.3 is 0 Å². The van der Waals surface area contributed by atoms with Gasteiger partial charge in [0.15, 0.2) is 5.78 Å². The van der Waals surface area contributed by atoms with Gasteiger partial charge in [-0.25, -0.2) is 0 Å². The molecule has 0 saturated carbocycles. The normalized spacial score (nSPS) is 11.6. The van der Waals surface area contributed by atoms with E-state index in [-0.39, 0.29) is 17.6 Å². The van der Waals surface area contributed by atoms with Crippen molar-refractivity contribution in [3.05, 3.63) is 37.1 Å². The van der Waals surface area contributed by atoms with Gasteiger partial charge in [-0.15, -0.1) is 13.2 Å². The maximum absolute atomic E-state index is 12.5. The molecule has 1 atom stereocenters. The molecule has 2 amide bonds. The third-order valence-corrected chi connectivity index (χ3v) is 9.20. The molecule has 0 spiro atoms. The van der Waals surface area contributed by atoms with E-state index in [2.05, 4.69) is 42.6 Å². The van der Waals surface area contributed by atoms with Gasteiger partial charge in [0.25, 0.3) is 0 Å². The van der Waals surface area contributed by atoms with Crippen LogP contribution >= 0.6 is 0 Å². The first-order valence-electron chi connectivity index (χ1n) is 20.6. The lowest BCUT2D eigenvalue weighted by Crippen LogP contribution is -2.39. The van der Waals surface area contributed by atoms with Crippen LogP contribution in [0.25, 0.3) is 0 Å². The van der Waals surface area contributed by atoms with E-state index in [4.69, 9.17) is 9.47 Å². The van der Waals surface area contributed by atoms with Crippen LogP contribution in [0.15, 0.2) is 37.1 Å². The Bertz CT molecular complexity index is 906. The van der Waals surface area contributed by atoms with Crippen molar-refractivity contribution in [2.75, 3.05) is 39.5 Å². The molecule has 8 nitrogen and oxygen atoms in total. The first-order chi connectivity index (χ1) is 24.8. The molecule has 3 N–H and O–H groups in total. The number of carbonyl (C=O) groups is 3. The van der Waals surface area contributed by atoms with Crippen LogP contribution in [-0.2, 0) is 23.9 Å². The zero-order chi connectivity index (χ0) is 37.6. The number of ketones is 1. The summed E-state index contributed by atoms with van der Waals surface area (Å²) in [5.41, 5.74) is 2.21. The highest BCUT2D eigenvalue weighted by Gasteiger charge is 2.17. The Morgan fingerprint density at radius 1 is 0.549 bits per heavy atom. The molecule has 0 heterocycles. The summed E-state index contributed by atoms with van der Waals surface area (Å²) in [5.74, 6) is 0.0271. The molecular formula is C43H79N3O5. The molecule has 0 aromatic heterocycles. The first kappa shape index (κ1) is 48.5. The number of Topliss-reactive ketones (excluding diaryl/α,β-unsaturated/α-hetero) is 1. The number of hydrogen-bond donors (Lipinski definition) is 3. The summed E-state index contributed by atoms with van der Waals surface area (Å²) in [4.78, 5) is 36.6. The van der Waals surface area contributed by atoms with Crippen LogP contribution in [0.2, 0.25) is 0 Å². The minimum atomic E-state index is -0.457. The van der Waals surface area contributed by atoms with Crippen LogP contribution in [0.1, 0.15) is 174 Å². The van der Waals surface area contributed by atoms with Gasteiger partial charge in [-0.05, 0) is 58.8 Å². The Morgan fingerprint density at radius 3 is 1.53 bits per heavy atom. The second-order valence-electron chi connectivity index (χ2n) is 14.4. The van der Waals surface area contributed by atoms with Crippen molar-refractivity contribution in [1.82, 2.24) is 16.0 Å². The smallest absolute Gasteiger partial charge is 0.220 e. The van der Waals surface area contributed by atoms with E-state index in [1.807, 2.05) is 0 Å². The number of rotatable bonds is 40. The van der Waals surface area contributed by atoms with Crippen LogP contribution in [0, 0.1) is 0 Å². The van der Waals surface area contributed by atoms with Crippen molar-refractivity contribution in [3.63, 3.8) is 0 Å². The van der Waals surface area contributed by atoms with Crippen LogP contribution < -0.4 is 16.0 Å². The lowest BCUT2D eigenvalue weighted by Gasteiger charge is -2.17. The van der Waals surface area contributed by atoms with Gasteiger partial charge in [-0.2, -0.15) is 0 Å². The molecule has 296 valence electrons. The van der Waals surface area contributed by atoms with E-state index in [9.17, 15) is 14.4 Å². The van der Waals surface area contributed by atoms with Crippen molar-refractivity contribution in [1.29, 1.82) is 0 Å². The Balaban J connectivity index is 3.65. The third kappa shape index (κ3) is 37.1. The molecule has 51 heavy (non-hydrogen) atoms. The average Bonchev–Trinajstić information content (AvgIpc) is 3.09. The highest BCUT2D eigenvalue weighted by molar-refractivity contribution is 5.87. The van der Waals surface area contributed by atoms with E-state index in [1.165, 1.54) is 102 Å². The van der Waals surface area contributed by atoms with Gasteiger partial charge in [-0.3, -0.25) is 14.4 Å². The zero-order valence-electron chi connectivity index (χ0n) is 33.2. The molecule has 0 radical (unpaired) electrons. The summed E-state index contributed by atoms with van der Waals surface area (Å²) in [6, 6.07) is -0.457. The minimum Gasteiger partial charge on any atom is -0.389 e. The number of unbranched alkanes of at least 4 members (excludes halogenated alkanes) is 18. The fourth-order valence-corrected chi connectivity index (χ4v) is 6.00. The monoisotopic (exact) mass is 718 g/mol. The van der Waals surface area contributed by atoms with Gasteiger partial charge < -0.3 is 25.4 Å². The highest BCUT2D eigenvalue weighted by Crippen LogP contribution is 2.15. The molecule has 0 rings (SSSR count). The van der Waals surface area contributed by atoms with E-state index in [1.54, 1.807) is 13.0 Å². The largest absolute Gasteiger partial charge is 0.389 e. The summed E-state index contributed by atoms with van der Waals surface area (Å²) >= 11 is 0. The van der Waals surface area contributed by atoms with Crippen molar-refractivity contribution >= 4 is 17.6 Å². The summed E-state index contributed by atoms with van der Waals surface area (Å²) < 4.78 is 10.6. The average molecular weight is 718 g/mol. The van der Waals surface area contributed by atoms with Crippen LogP contribution in [0.4, 0.5) is 0 Å². The predicted molar refractivity (Wildman–Crippen MR) is 215 cm³/mol. The quantitative estimate of drug-likeness (QED) is 0.0431. The number of nitrogens with one attached hydrogen (secondary N) is 3. The fraction of sp³-hybridized carbons (Fsp3) is 0.791. The maximum atomic E-state index is 12.5. The molecule has 0 aliphatic heterocycles. The lowest BCUT2D eigenvalue weighted by atomic mass is 10.0. The second-order valence-corrected chi connectivity index (χ2v) is 14.4. The molecule has 0 aromatic rings. The highest BCUT2D eigenvalue weighted by atomic mass is 16.5. The summed E-state index contributed by atoms with van der Waals surface area (Å²) in [6.07, 6.45) is 29.7. The molecule has 0 bridgehead atoms. The SMILES string of the molecule is C=CCOCCOCCNC(=O)CCCCCCNC(=C)CC[C@H](NC(=O)CCCCCCCCCCCCCCCCCCC(=C)C)C(C)=O. The maximum Gasteiger partial charge on any atom is 0.220 e. The summed E-state index contributed by atoms with van der Waals surface area (Å²) in [7, 11) is 0. The molecule has 0 aliphatic carbocycles. The van der Waals surface area contributed by atoms with Gasteiger partial charge in [0, 0.05) is 31.6 Å². The molecule has 0 saturated heterocycles.